The summed E-state index contributed by atoms with van der Waals surface area (Å²) in [6, 6.07) is 1.52. The van der Waals surface area contributed by atoms with Gasteiger partial charge >= 0.3 is 0 Å². The molecule has 0 aliphatic rings. The van der Waals surface area contributed by atoms with Gasteiger partial charge in [0.15, 0.2) is 10.9 Å². The molecule has 1 N–H and O–H groups in total. The van der Waals surface area contributed by atoms with Gasteiger partial charge in [-0.05, 0) is 13.0 Å². The molecule has 0 atom stereocenters. The molecule has 0 saturated carbocycles. The van der Waals surface area contributed by atoms with Gasteiger partial charge in [-0.15, -0.1) is 11.3 Å². The van der Waals surface area contributed by atoms with Gasteiger partial charge in [0.1, 0.15) is 0 Å². The molecule has 1 rings (SSSR count). The summed E-state index contributed by atoms with van der Waals surface area (Å²) in [4.78, 5) is 23.1. The Kier molecular flexibility index (Phi) is 3.96. The highest BCUT2D eigenvalue weighted by molar-refractivity contribution is 7.10. The third-order valence-corrected chi connectivity index (χ3v) is 2.81. The first-order valence-corrected chi connectivity index (χ1v) is 5.36. The van der Waals surface area contributed by atoms with Crippen molar-refractivity contribution < 1.29 is 14.0 Å². The Balaban J connectivity index is 2.61. The van der Waals surface area contributed by atoms with Gasteiger partial charge in [0.2, 0.25) is 5.91 Å². The van der Waals surface area contributed by atoms with E-state index in [1.54, 1.807) is 6.92 Å². The second-order valence-corrected chi connectivity index (χ2v) is 4.35. The van der Waals surface area contributed by atoms with E-state index in [1.807, 2.05) is 0 Å². The average Bonchev–Trinajstić information content (AvgIpc) is 2.53. The van der Waals surface area contributed by atoms with E-state index in [-0.39, 0.29) is 30.1 Å². The zero-order valence-electron chi connectivity index (χ0n) is 8.59. The number of ketones is 1. The molecule has 3 nitrogen and oxygen atoms in total. The second-order valence-electron chi connectivity index (χ2n) is 3.14. The smallest absolute Gasteiger partial charge is 0.220 e. The van der Waals surface area contributed by atoms with Gasteiger partial charge in [0.25, 0.3) is 0 Å². The lowest BCUT2D eigenvalue weighted by Gasteiger charge is -1.98. The summed E-state index contributed by atoms with van der Waals surface area (Å²) in [6.45, 7) is 1.74. The Hall–Kier alpha value is -1.23. The monoisotopic (exact) mass is 229 g/mol. The zero-order valence-corrected chi connectivity index (χ0v) is 9.41. The summed E-state index contributed by atoms with van der Waals surface area (Å²) < 4.78 is 13.2. The molecular weight excluding hydrogens is 217 g/mol. The predicted molar refractivity (Wildman–Crippen MR) is 56.6 cm³/mol. The first-order chi connectivity index (χ1) is 7.04. The minimum absolute atomic E-state index is 0.0484. The van der Waals surface area contributed by atoms with Crippen LogP contribution >= 0.6 is 11.3 Å². The van der Waals surface area contributed by atoms with Crippen LogP contribution in [-0.2, 0) is 4.79 Å². The largest absolute Gasteiger partial charge is 0.359 e. The molecule has 0 bridgehead atoms. The van der Waals surface area contributed by atoms with Gasteiger partial charge in [0, 0.05) is 24.8 Å². The molecular formula is C10H12FNO2S. The summed E-state index contributed by atoms with van der Waals surface area (Å²) in [7, 11) is 1.50. The lowest BCUT2D eigenvalue weighted by Crippen LogP contribution is -2.18. The number of rotatable bonds is 4. The van der Waals surface area contributed by atoms with E-state index in [9.17, 15) is 14.0 Å². The Morgan fingerprint density at radius 2 is 2.13 bits per heavy atom. The van der Waals surface area contributed by atoms with Gasteiger partial charge < -0.3 is 5.32 Å². The highest BCUT2D eigenvalue weighted by atomic mass is 32.1. The number of carbonyl (C=O) groups excluding carboxylic acids is 2. The third kappa shape index (κ3) is 3.13. The number of nitrogens with one attached hydrogen (secondary N) is 1. The van der Waals surface area contributed by atoms with Crippen molar-refractivity contribution >= 4 is 23.0 Å². The van der Waals surface area contributed by atoms with Crippen LogP contribution in [0.4, 0.5) is 4.39 Å². The lowest BCUT2D eigenvalue weighted by atomic mass is 10.1. The Bertz CT molecular complexity index is 387. The molecule has 15 heavy (non-hydrogen) atoms. The summed E-state index contributed by atoms with van der Waals surface area (Å²) in [6.07, 6.45) is 0.149. The zero-order chi connectivity index (χ0) is 11.4. The van der Waals surface area contributed by atoms with Crippen molar-refractivity contribution in [3.8, 4) is 0 Å². The highest BCUT2D eigenvalue weighted by Gasteiger charge is 2.15. The van der Waals surface area contributed by atoms with Gasteiger partial charge in [0.05, 0.1) is 5.56 Å². The van der Waals surface area contributed by atoms with E-state index in [2.05, 4.69) is 5.32 Å². The Morgan fingerprint density at radius 3 is 2.60 bits per heavy atom. The van der Waals surface area contributed by atoms with Crippen molar-refractivity contribution in [1.29, 1.82) is 0 Å². The molecule has 0 aliphatic heterocycles. The molecule has 1 amide bonds. The molecule has 0 spiro atoms. The first kappa shape index (κ1) is 11.8. The second kappa shape index (κ2) is 5.02. The van der Waals surface area contributed by atoms with Crippen LogP contribution in [0.3, 0.4) is 0 Å². The van der Waals surface area contributed by atoms with Crippen LogP contribution in [0.15, 0.2) is 6.07 Å². The maximum absolute atomic E-state index is 13.2. The first-order valence-electron chi connectivity index (χ1n) is 4.54. The number of aryl methyl sites for hydroxylation is 1. The fourth-order valence-electron chi connectivity index (χ4n) is 1.16. The molecule has 1 aromatic rings. The fraction of sp³-hybridized carbons (Fsp3) is 0.400. The van der Waals surface area contributed by atoms with Crippen LogP contribution in [-0.4, -0.2) is 18.7 Å². The molecule has 0 aliphatic carbocycles. The van der Waals surface area contributed by atoms with Gasteiger partial charge in [-0.1, -0.05) is 0 Å². The number of Topliss-reactive ketones (excluding diaryl/α,β-unsaturated/α-hetero) is 1. The minimum atomic E-state index is -0.464. The molecule has 1 aromatic heterocycles. The van der Waals surface area contributed by atoms with Crippen LogP contribution in [0.1, 0.15) is 28.1 Å². The van der Waals surface area contributed by atoms with Gasteiger partial charge in [-0.3, -0.25) is 9.59 Å². The number of amides is 1. The Morgan fingerprint density at radius 1 is 1.47 bits per heavy atom. The molecule has 82 valence electrons. The molecule has 1 heterocycles. The van der Waals surface area contributed by atoms with Crippen molar-refractivity contribution in [3.05, 3.63) is 21.6 Å². The number of hydrogen-bond acceptors (Lipinski definition) is 3. The summed E-state index contributed by atoms with van der Waals surface area (Å²) in [5.41, 5.74) is 0.0985. The molecule has 0 saturated heterocycles. The summed E-state index contributed by atoms with van der Waals surface area (Å²) >= 11 is 0.950. The minimum Gasteiger partial charge on any atom is -0.359 e. The van der Waals surface area contributed by atoms with Crippen LogP contribution < -0.4 is 5.32 Å². The third-order valence-electron chi connectivity index (χ3n) is 1.97. The van der Waals surface area contributed by atoms with Crippen LogP contribution in [0, 0.1) is 12.1 Å². The maximum atomic E-state index is 13.2. The quantitative estimate of drug-likeness (QED) is 0.801. The van der Waals surface area contributed by atoms with E-state index >= 15 is 0 Å². The van der Waals surface area contributed by atoms with E-state index in [0.717, 1.165) is 16.2 Å². The van der Waals surface area contributed by atoms with Crippen LogP contribution in [0.5, 0.6) is 0 Å². The number of halogens is 1. The molecule has 0 aromatic carbocycles. The molecule has 0 fully saturated rings. The van der Waals surface area contributed by atoms with Crippen LogP contribution in [0.25, 0.3) is 0 Å². The number of carbonyl (C=O) groups is 2. The summed E-state index contributed by atoms with van der Waals surface area (Å²) in [5.74, 6) is -0.531. The number of thiophene rings is 1. The van der Waals surface area contributed by atoms with E-state index in [1.165, 1.54) is 13.1 Å². The highest BCUT2D eigenvalue weighted by Crippen LogP contribution is 2.21. The molecule has 0 radical (unpaired) electrons. The van der Waals surface area contributed by atoms with Crippen molar-refractivity contribution in [2.24, 2.45) is 0 Å². The molecule has 0 unspecified atom stereocenters. The van der Waals surface area contributed by atoms with Crippen molar-refractivity contribution in [3.63, 3.8) is 0 Å². The van der Waals surface area contributed by atoms with Crippen LogP contribution in [0.2, 0.25) is 0 Å². The Labute approximate surface area is 91.3 Å². The standard InChI is InChI=1S/C10H12FNO2S/c1-6-5-7(10(11)15-6)8(13)3-4-9(14)12-2/h5H,3-4H2,1-2H3,(H,12,14). The molecule has 5 heteroatoms. The maximum Gasteiger partial charge on any atom is 0.220 e. The van der Waals surface area contributed by atoms with E-state index < -0.39 is 5.13 Å². The van der Waals surface area contributed by atoms with Gasteiger partial charge in [-0.25, -0.2) is 0 Å². The van der Waals surface area contributed by atoms with E-state index in [4.69, 9.17) is 0 Å². The van der Waals surface area contributed by atoms with Crippen molar-refractivity contribution in [2.75, 3.05) is 7.05 Å². The normalized spacial score (nSPS) is 10.1. The van der Waals surface area contributed by atoms with Gasteiger partial charge in [-0.2, -0.15) is 4.39 Å². The predicted octanol–water partition coefficient (Wildman–Crippen LogP) is 1.90. The number of hydrogen-bond donors (Lipinski definition) is 1. The topological polar surface area (TPSA) is 46.2 Å². The van der Waals surface area contributed by atoms with Crippen molar-refractivity contribution in [1.82, 2.24) is 5.32 Å². The summed E-state index contributed by atoms with van der Waals surface area (Å²) in [5, 5.41) is 1.95. The average molecular weight is 229 g/mol. The fourth-order valence-corrected chi connectivity index (χ4v) is 1.90. The van der Waals surface area contributed by atoms with E-state index in [0.29, 0.717) is 0 Å². The van der Waals surface area contributed by atoms with Crippen molar-refractivity contribution in [2.45, 2.75) is 19.8 Å². The SMILES string of the molecule is CNC(=O)CCC(=O)c1cc(C)sc1F. The lowest BCUT2D eigenvalue weighted by molar-refractivity contribution is -0.120.